The van der Waals surface area contributed by atoms with Crippen molar-refractivity contribution in [1.29, 1.82) is 0 Å². The molecule has 4 rings (SSSR count). The molecule has 8 nitrogen and oxygen atoms in total. The Morgan fingerprint density at radius 2 is 1.80 bits per heavy atom. The Morgan fingerprint density at radius 1 is 1.07 bits per heavy atom. The largest absolute Gasteiger partial charge is 0.444 e. The maximum absolute atomic E-state index is 12.4. The number of rotatable bonds is 8. The van der Waals surface area contributed by atoms with E-state index in [0.717, 1.165) is 40.9 Å². The zero-order valence-corrected chi connectivity index (χ0v) is 24.4. The van der Waals surface area contributed by atoms with Crippen LogP contribution in [0.3, 0.4) is 0 Å². The minimum atomic E-state index is -0.490. The van der Waals surface area contributed by atoms with E-state index in [-0.39, 0.29) is 17.9 Å². The average Bonchev–Trinajstić information content (AvgIpc) is 2.92. The van der Waals surface area contributed by atoms with Crippen LogP contribution >= 0.6 is 11.6 Å². The molecule has 0 bridgehead atoms. The smallest absolute Gasteiger partial charge is 0.410 e. The first-order chi connectivity index (χ1) is 19.0. The van der Waals surface area contributed by atoms with Crippen LogP contribution in [-0.2, 0) is 28.8 Å². The number of piperidine rings is 1. The van der Waals surface area contributed by atoms with Crippen molar-refractivity contribution in [3.63, 3.8) is 0 Å². The topological polar surface area (TPSA) is 111 Å². The SMILES string of the molecule is CC(C(N)=O)c1ccccc1CCc1nc(Cc2ccc(C3CCN(C(=O)OC(C)(C)C)CC3)nc2)ncc1Cl. The van der Waals surface area contributed by atoms with Gasteiger partial charge in [0.2, 0.25) is 5.91 Å². The van der Waals surface area contributed by atoms with E-state index in [4.69, 9.17) is 32.0 Å². The van der Waals surface area contributed by atoms with Crippen LogP contribution < -0.4 is 5.73 Å². The highest BCUT2D eigenvalue weighted by Gasteiger charge is 2.28. The molecule has 40 heavy (non-hydrogen) atoms. The first kappa shape index (κ1) is 29.5. The number of aryl methyl sites for hydroxylation is 2. The lowest BCUT2D eigenvalue weighted by molar-refractivity contribution is -0.119. The molecule has 0 spiro atoms. The predicted octanol–water partition coefficient (Wildman–Crippen LogP) is 5.60. The molecule has 1 aliphatic heterocycles. The predicted molar refractivity (Wildman–Crippen MR) is 155 cm³/mol. The molecule has 9 heteroatoms. The van der Waals surface area contributed by atoms with E-state index in [1.165, 1.54) is 0 Å². The summed E-state index contributed by atoms with van der Waals surface area (Å²) in [5.41, 5.74) is 9.87. The number of nitrogens with two attached hydrogens (primary N) is 1. The summed E-state index contributed by atoms with van der Waals surface area (Å²) in [6.07, 6.45) is 6.85. The summed E-state index contributed by atoms with van der Waals surface area (Å²) in [5, 5.41) is 0.523. The van der Waals surface area contributed by atoms with E-state index < -0.39 is 5.60 Å². The number of nitrogens with zero attached hydrogens (tertiary/aromatic N) is 4. The van der Waals surface area contributed by atoms with Crippen molar-refractivity contribution in [2.24, 2.45) is 5.73 Å². The van der Waals surface area contributed by atoms with Crippen LogP contribution in [0.25, 0.3) is 0 Å². The van der Waals surface area contributed by atoms with Gasteiger partial charge in [-0.25, -0.2) is 14.8 Å². The van der Waals surface area contributed by atoms with Gasteiger partial charge in [-0.15, -0.1) is 0 Å². The van der Waals surface area contributed by atoms with E-state index in [0.29, 0.717) is 49.1 Å². The van der Waals surface area contributed by atoms with E-state index >= 15 is 0 Å². The fraction of sp³-hybridized carbons (Fsp3) is 0.452. The number of hydrogen-bond donors (Lipinski definition) is 1. The molecule has 1 saturated heterocycles. The van der Waals surface area contributed by atoms with Crippen LogP contribution in [0.5, 0.6) is 0 Å². The second-order valence-electron chi connectivity index (χ2n) is 11.4. The third kappa shape index (κ3) is 7.78. The Kier molecular flexibility index (Phi) is 9.40. The Morgan fingerprint density at radius 3 is 2.45 bits per heavy atom. The van der Waals surface area contributed by atoms with Gasteiger partial charge < -0.3 is 15.4 Å². The summed E-state index contributed by atoms with van der Waals surface area (Å²) in [5.74, 6) is 0.283. The second-order valence-corrected chi connectivity index (χ2v) is 11.8. The van der Waals surface area contributed by atoms with Crippen molar-refractivity contribution in [2.75, 3.05) is 13.1 Å². The Bertz CT molecular complexity index is 1330. The minimum Gasteiger partial charge on any atom is -0.444 e. The van der Waals surface area contributed by atoms with E-state index in [1.54, 1.807) is 11.1 Å². The van der Waals surface area contributed by atoms with Gasteiger partial charge in [0, 0.05) is 43.5 Å². The van der Waals surface area contributed by atoms with Crippen molar-refractivity contribution in [1.82, 2.24) is 19.9 Å². The van der Waals surface area contributed by atoms with Crippen LogP contribution in [0, 0.1) is 0 Å². The summed E-state index contributed by atoms with van der Waals surface area (Å²) in [7, 11) is 0. The van der Waals surface area contributed by atoms with Gasteiger partial charge in [-0.2, -0.15) is 0 Å². The van der Waals surface area contributed by atoms with Gasteiger partial charge in [0.25, 0.3) is 0 Å². The van der Waals surface area contributed by atoms with E-state index in [9.17, 15) is 9.59 Å². The molecule has 2 N–H and O–H groups in total. The lowest BCUT2D eigenvalue weighted by atomic mass is 9.92. The summed E-state index contributed by atoms with van der Waals surface area (Å²) in [4.78, 5) is 39.8. The van der Waals surface area contributed by atoms with Crippen LogP contribution in [0.2, 0.25) is 5.02 Å². The summed E-state index contributed by atoms with van der Waals surface area (Å²) in [6.45, 7) is 8.80. The third-order valence-electron chi connectivity index (χ3n) is 7.22. The molecule has 1 fully saturated rings. The number of amides is 2. The van der Waals surface area contributed by atoms with Crippen LogP contribution in [0.4, 0.5) is 4.79 Å². The lowest BCUT2D eigenvalue weighted by Gasteiger charge is -2.33. The monoisotopic (exact) mass is 563 g/mol. The maximum Gasteiger partial charge on any atom is 0.410 e. The normalized spacial score (nSPS) is 15.1. The van der Waals surface area contributed by atoms with Crippen LogP contribution in [-0.4, -0.2) is 50.5 Å². The van der Waals surface area contributed by atoms with Crippen molar-refractivity contribution >= 4 is 23.6 Å². The van der Waals surface area contributed by atoms with Gasteiger partial charge in [-0.3, -0.25) is 9.78 Å². The van der Waals surface area contributed by atoms with Gasteiger partial charge >= 0.3 is 6.09 Å². The first-order valence-corrected chi connectivity index (χ1v) is 14.2. The quantitative estimate of drug-likeness (QED) is 0.381. The molecule has 1 unspecified atom stereocenters. The highest BCUT2D eigenvalue weighted by Crippen LogP contribution is 2.28. The number of carbonyl (C=O) groups excluding carboxylic acids is 2. The molecule has 1 aliphatic rings. The number of primary amides is 1. The first-order valence-electron chi connectivity index (χ1n) is 13.8. The Labute approximate surface area is 241 Å². The molecular weight excluding hydrogens is 526 g/mol. The Balaban J connectivity index is 1.35. The van der Waals surface area contributed by atoms with Crippen molar-refractivity contribution in [2.45, 2.75) is 77.2 Å². The summed E-state index contributed by atoms with van der Waals surface area (Å²) < 4.78 is 5.50. The molecule has 0 aliphatic carbocycles. The fourth-order valence-corrected chi connectivity index (χ4v) is 5.13. The maximum atomic E-state index is 12.4. The van der Waals surface area contributed by atoms with E-state index in [1.807, 2.05) is 58.2 Å². The van der Waals surface area contributed by atoms with Gasteiger partial charge in [0.15, 0.2) is 0 Å². The Hall–Kier alpha value is -3.52. The van der Waals surface area contributed by atoms with Gasteiger partial charge in [-0.1, -0.05) is 41.9 Å². The van der Waals surface area contributed by atoms with Gasteiger partial charge in [0.1, 0.15) is 11.4 Å². The molecule has 1 atom stereocenters. The zero-order valence-electron chi connectivity index (χ0n) is 23.7. The fourth-order valence-electron chi connectivity index (χ4n) is 4.94. The van der Waals surface area contributed by atoms with Crippen molar-refractivity contribution in [3.8, 4) is 0 Å². The highest BCUT2D eigenvalue weighted by molar-refractivity contribution is 6.31. The zero-order chi connectivity index (χ0) is 28.9. The summed E-state index contributed by atoms with van der Waals surface area (Å²) in [6, 6.07) is 12.0. The highest BCUT2D eigenvalue weighted by atomic mass is 35.5. The van der Waals surface area contributed by atoms with Crippen LogP contribution in [0.15, 0.2) is 48.8 Å². The number of aromatic nitrogens is 3. The average molecular weight is 564 g/mol. The molecule has 3 aromatic rings. The molecule has 3 heterocycles. The molecule has 212 valence electrons. The molecule has 2 amide bonds. The van der Waals surface area contributed by atoms with Crippen molar-refractivity contribution < 1.29 is 14.3 Å². The standard InChI is InChI=1S/C31H38ClN5O3/c1-20(29(33)38)24-8-6-5-7-22(24)10-12-27-25(32)19-35-28(36-27)17-21-9-11-26(34-18-21)23-13-15-37(16-14-23)30(39)40-31(2,3)4/h5-9,11,18-20,23H,10,12-17H2,1-4H3,(H2,33,38). The number of pyridine rings is 1. The number of benzene rings is 1. The van der Waals surface area contributed by atoms with E-state index in [2.05, 4.69) is 17.1 Å². The number of hydrogen-bond acceptors (Lipinski definition) is 6. The number of halogens is 1. The van der Waals surface area contributed by atoms with Crippen LogP contribution in [0.1, 0.15) is 86.3 Å². The summed E-state index contributed by atoms with van der Waals surface area (Å²) >= 11 is 6.44. The molecule has 0 radical (unpaired) electrons. The number of carbonyl (C=O) groups is 2. The minimum absolute atomic E-state index is 0.249. The lowest BCUT2D eigenvalue weighted by Crippen LogP contribution is -2.41. The molecular formula is C31H38ClN5O3. The van der Waals surface area contributed by atoms with Crippen molar-refractivity contribution in [3.05, 3.63) is 87.7 Å². The molecule has 2 aromatic heterocycles. The molecule has 1 aromatic carbocycles. The second kappa shape index (κ2) is 12.8. The third-order valence-corrected chi connectivity index (χ3v) is 7.54. The number of likely N-dealkylation sites (tertiary alicyclic amines) is 1. The van der Waals surface area contributed by atoms with Gasteiger partial charge in [0.05, 0.1) is 16.6 Å². The number of ether oxygens (including phenoxy) is 1. The van der Waals surface area contributed by atoms with Gasteiger partial charge in [-0.05, 0) is 76.1 Å². The molecule has 0 saturated carbocycles.